The predicted octanol–water partition coefficient (Wildman–Crippen LogP) is 3.61. The van der Waals surface area contributed by atoms with Crippen molar-refractivity contribution < 1.29 is 4.74 Å². The second-order valence-corrected chi connectivity index (χ2v) is 5.39. The number of nitrogens with zero attached hydrogens (tertiary/aromatic N) is 3. The van der Waals surface area contributed by atoms with Crippen LogP contribution >= 0.6 is 11.3 Å². The fourth-order valence-electron chi connectivity index (χ4n) is 2.14. The number of fused-ring (bicyclic) bond motifs is 2. The number of benzene rings is 1. The number of nitrogens with two attached hydrogens (primary N) is 1. The summed E-state index contributed by atoms with van der Waals surface area (Å²) in [6, 6.07) is 11.7. The zero-order chi connectivity index (χ0) is 14.2. The lowest BCUT2D eigenvalue weighted by atomic mass is 10.2. The second kappa shape index (κ2) is 4.68. The lowest BCUT2D eigenvalue weighted by Crippen LogP contribution is -1.97. The molecule has 0 atom stereocenters. The molecule has 0 radical (unpaired) electrons. The molecule has 3 heterocycles. The average molecular weight is 294 g/mol. The molecule has 0 fully saturated rings. The van der Waals surface area contributed by atoms with E-state index in [4.69, 9.17) is 10.5 Å². The molecule has 0 aliphatic rings. The van der Waals surface area contributed by atoms with Gasteiger partial charge in [-0.1, -0.05) is 18.2 Å². The summed E-state index contributed by atoms with van der Waals surface area (Å²) < 4.78 is 5.85. The second-order valence-electron chi connectivity index (χ2n) is 4.49. The van der Waals surface area contributed by atoms with Crippen molar-refractivity contribution in [2.24, 2.45) is 0 Å². The third-order valence-corrected chi connectivity index (χ3v) is 3.89. The first-order valence-corrected chi connectivity index (χ1v) is 7.21. The first-order chi connectivity index (χ1) is 10.3. The van der Waals surface area contributed by atoms with Crippen LogP contribution in [-0.4, -0.2) is 15.0 Å². The summed E-state index contributed by atoms with van der Waals surface area (Å²) in [7, 11) is 0. The Morgan fingerprint density at radius 3 is 2.95 bits per heavy atom. The van der Waals surface area contributed by atoms with Crippen LogP contribution in [0.15, 0.2) is 48.0 Å². The van der Waals surface area contributed by atoms with Gasteiger partial charge in [0.05, 0.1) is 17.1 Å². The Morgan fingerprint density at radius 2 is 2.00 bits per heavy atom. The quantitative estimate of drug-likeness (QED) is 0.611. The highest BCUT2D eigenvalue weighted by atomic mass is 32.1. The van der Waals surface area contributed by atoms with E-state index in [0.717, 1.165) is 21.1 Å². The average Bonchev–Trinajstić information content (AvgIpc) is 2.95. The minimum atomic E-state index is 0.202. The zero-order valence-corrected chi connectivity index (χ0v) is 11.7. The van der Waals surface area contributed by atoms with Crippen LogP contribution in [0.3, 0.4) is 0 Å². The van der Waals surface area contributed by atoms with Gasteiger partial charge in [-0.3, -0.25) is 4.98 Å². The summed E-state index contributed by atoms with van der Waals surface area (Å²) in [4.78, 5) is 13.5. The fourth-order valence-corrected chi connectivity index (χ4v) is 2.90. The summed E-state index contributed by atoms with van der Waals surface area (Å²) in [6.07, 6.45) is 1.68. The molecule has 0 bridgehead atoms. The summed E-state index contributed by atoms with van der Waals surface area (Å²) in [6.45, 7) is 0. The standard InChI is InChI=1S/C15H10N4OS/c16-15-18-13(11-5-6-21-14(11)19-15)20-10-7-9-3-1-2-4-12(9)17-8-10/h1-8H,(H2,16,18,19). The number of pyridine rings is 1. The number of rotatable bonds is 2. The highest BCUT2D eigenvalue weighted by Gasteiger charge is 2.10. The Morgan fingerprint density at radius 1 is 1.10 bits per heavy atom. The monoisotopic (exact) mass is 294 g/mol. The lowest BCUT2D eigenvalue weighted by Gasteiger charge is -2.07. The van der Waals surface area contributed by atoms with Gasteiger partial charge >= 0.3 is 0 Å². The smallest absolute Gasteiger partial charge is 0.232 e. The van der Waals surface area contributed by atoms with Gasteiger partial charge in [0.2, 0.25) is 11.8 Å². The molecule has 0 amide bonds. The molecular weight excluding hydrogens is 284 g/mol. The molecule has 0 saturated heterocycles. The van der Waals surface area contributed by atoms with Gasteiger partial charge in [0.15, 0.2) is 0 Å². The van der Waals surface area contributed by atoms with Crippen LogP contribution in [0.5, 0.6) is 11.6 Å². The molecule has 0 saturated carbocycles. The Labute approximate surface area is 124 Å². The molecule has 5 nitrogen and oxygen atoms in total. The van der Waals surface area contributed by atoms with Crippen molar-refractivity contribution in [3.8, 4) is 11.6 Å². The maximum absolute atomic E-state index is 5.85. The molecule has 0 aliphatic heterocycles. The number of thiophene rings is 1. The van der Waals surface area contributed by atoms with E-state index in [1.165, 1.54) is 11.3 Å². The topological polar surface area (TPSA) is 73.9 Å². The van der Waals surface area contributed by atoms with Crippen molar-refractivity contribution in [2.75, 3.05) is 5.73 Å². The number of para-hydroxylation sites is 1. The van der Waals surface area contributed by atoms with Crippen LogP contribution in [0.4, 0.5) is 5.95 Å². The molecular formula is C15H10N4OS. The third kappa shape index (κ3) is 2.15. The van der Waals surface area contributed by atoms with Crippen molar-refractivity contribution in [1.82, 2.24) is 15.0 Å². The van der Waals surface area contributed by atoms with Crippen molar-refractivity contribution in [3.05, 3.63) is 48.0 Å². The molecule has 1 aromatic carbocycles. The normalized spacial score (nSPS) is 11.0. The molecule has 4 aromatic rings. The van der Waals surface area contributed by atoms with E-state index in [1.807, 2.05) is 41.8 Å². The van der Waals surface area contributed by atoms with E-state index in [-0.39, 0.29) is 5.95 Å². The zero-order valence-electron chi connectivity index (χ0n) is 10.9. The van der Waals surface area contributed by atoms with E-state index >= 15 is 0 Å². The van der Waals surface area contributed by atoms with Gasteiger partial charge in [-0.25, -0.2) is 4.98 Å². The van der Waals surface area contributed by atoms with Gasteiger partial charge in [0.25, 0.3) is 0 Å². The summed E-state index contributed by atoms with van der Waals surface area (Å²) in [5.74, 6) is 1.28. The Balaban J connectivity index is 1.80. The Hall–Kier alpha value is -2.73. The molecule has 4 rings (SSSR count). The predicted molar refractivity (Wildman–Crippen MR) is 83.6 cm³/mol. The molecule has 102 valence electrons. The van der Waals surface area contributed by atoms with Crippen LogP contribution in [0.2, 0.25) is 0 Å². The number of nitrogen functional groups attached to an aromatic ring is 1. The van der Waals surface area contributed by atoms with E-state index in [0.29, 0.717) is 11.6 Å². The third-order valence-electron chi connectivity index (χ3n) is 3.09. The van der Waals surface area contributed by atoms with Gasteiger partial charge in [-0.05, 0) is 23.6 Å². The van der Waals surface area contributed by atoms with E-state index in [2.05, 4.69) is 15.0 Å². The number of ether oxygens (including phenoxy) is 1. The largest absolute Gasteiger partial charge is 0.437 e. The highest BCUT2D eigenvalue weighted by molar-refractivity contribution is 7.16. The molecule has 3 aromatic heterocycles. The maximum atomic E-state index is 5.85. The first kappa shape index (κ1) is 12.0. The molecule has 0 unspecified atom stereocenters. The first-order valence-electron chi connectivity index (χ1n) is 6.33. The molecule has 0 spiro atoms. The van der Waals surface area contributed by atoms with Crippen LogP contribution in [0, 0.1) is 0 Å². The van der Waals surface area contributed by atoms with Crippen LogP contribution in [0.25, 0.3) is 21.1 Å². The maximum Gasteiger partial charge on any atom is 0.232 e. The number of anilines is 1. The van der Waals surface area contributed by atoms with E-state index in [1.54, 1.807) is 6.20 Å². The van der Waals surface area contributed by atoms with E-state index in [9.17, 15) is 0 Å². The lowest BCUT2D eigenvalue weighted by molar-refractivity contribution is 0.468. The van der Waals surface area contributed by atoms with Crippen LogP contribution in [-0.2, 0) is 0 Å². The molecule has 2 N–H and O–H groups in total. The fraction of sp³-hybridized carbons (Fsp3) is 0. The molecule has 21 heavy (non-hydrogen) atoms. The number of hydrogen-bond donors (Lipinski definition) is 1. The number of aromatic nitrogens is 3. The van der Waals surface area contributed by atoms with Crippen LogP contribution in [0.1, 0.15) is 0 Å². The van der Waals surface area contributed by atoms with Crippen molar-refractivity contribution >= 4 is 38.4 Å². The Kier molecular flexibility index (Phi) is 2.68. The number of hydrogen-bond acceptors (Lipinski definition) is 6. The van der Waals surface area contributed by atoms with Gasteiger partial charge in [0.1, 0.15) is 10.6 Å². The van der Waals surface area contributed by atoms with Gasteiger partial charge in [-0.15, -0.1) is 11.3 Å². The summed E-state index contributed by atoms with van der Waals surface area (Å²) in [5.41, 5.74) is 6.64. The molecule has 6 heteroatoms. The Bertz CT molecular complexity index is 951. The van der Waals surface area contributed by atoms with Crippen molar-refractivity contribution in [3.63, 3.8) is 0 Å². The van der Waals surface area contributed by atoms with Gasteiger partial charge in [0, 0.05) is 5.39 Å². The van der Waals surface area contributed by atoms with Crippen molar-refractivity contribution in [1.29, 1.82) is 0 Å². The minimum Gasteiger partial charge on any atom is -0.437 e. The molecule has 0 aliphatic carbocycles. The minimum absolute atomic E-state index is 0.202. The summed E-state index contributed by atoms with van der Waals surface area (Å²) in [5, 5.41) is 3.80. The summed E-state index contributed by atoms with van der Waals surface area (Å²) >= 11 is 1.50. The van der Waals surface area contributed by atoms with E-state index < -0.39 is 0 Å². The van der Waals surface area contributed by atoms with Crippen molar-refractivity contribution in [2.45, 2.75) is 0 Å². The van der Waals surface area contributed by atoms with Crippen LogP contribution < -0.4 is 10.5 Å². The SMILES string of the molecule is Nc1nc(Oc2cnc3ccccc3c2)c2ccsc2n1. The highest BCUT2D eigenvalue weighted by Crippen LogP contribution is 2.31. The van der Waals surface area contributed by atoms with Gasteiger partial charge < -0.3 is 10.5 Å². The van der Waals surface area contributed by atoms with Gasteiger partial charge in [-0.2, -0.15) is 4.98 Å².